The number of aryl methyl sites for hydroxylation is 2. The molecule has 4 rings (SSSR count). The molecule has 1 fully saturated rings. The fourth-order valence-electron chi connectivity index (χ4n) is 6.08. The second-order valence-electron chi connectivity index (χ2n) is 9.82. The zero-order valence-corrected chi connectivity index (χ0v) is 20.7. The average molecular weight is 428 g/mol. The molecule has 0 radical (unpaired) electrons. The van der Waals surface area contributed by atoms with Gasteiger partial charge < -0.3 is 4.90 Å². The van der Waals surface area contributed by atoms with Crippen molar-refractivity contribution < 1.29 is 0 Å². The molecule has 2 aliphatic rings. The molecule has 2 atom stereocenters. The number of likely N-dealkylation sites (tertiary alicyclic amines) is 1. The van der Waals surface area contributed by atoms with Gasteiger partial charge in [-0.25, -0.2) is 0 Å². The Balaban J connectivity index is 1.55. The molecule has 0 aromatic heterocycles. The van der Waals surface area contributed by atoms with Crippen molar-refractivity contribution in [1.29, 1.82) is 0 Å². The largest absolute Gasteiger partial charge is 0.375 e. The molecule has 0 spiro atoms. The van der Waals surface area contributed by atoms with E-state index in [2.05, 4.69) is 81.6 Å². The van der Waals surface area contributed by atoms with Gasteiger partial charge in [-0.15, -0.1) is 0 Å². The van der Waals surface area contributed by atoms with E-state index in [4.69, 9.17) is 0 Å². The first kappa shape index (κ1) is 22.9. The van der Waals surface area contributed by atoms with Crippen molar-refractivity contribution in [3.63, 3.8) is 0 Å². The first-order chi connectivity index (χ1) is 15.5. The lowest BCUT2D eigenvalue weighted by Crippen LogP contribution is -2.28. The molecule has 32 heavy (non-hydrogen) atoms. The summed E-state index contributed by atoms with van der Waals surface area (Å²) in [5.41, 5.74) is 12.0. The third-order valence-electron chi connectivity index (χ3n) is 7.96. The van der Waals surface area contributed by atoms with E-state index in [-0.39, 0.29) is 0 Å². The van der Waals surface area contributed by atoms with E-state index in [0.717, 1.165) is 25.7 Å². The number of benzene rings is 2. The highest BCUT2D eigenvalue weighted by Gasteiger charge is 2.30. The first-order valence-electron chi connectivity index (χ1n) is 12.9. The van der Waals surface area contributed by atoms with E-state index in [1.54, 1.807) is 11.1 Å². The predicted octanol–water partition coefficient (Wildman–Crippen LogP) is 8.27. The molecule has 2 aromatic carbocycles. The van der Waals surface area contributed by atoms with Crippen molar-refractivity contribution in [2.24, 2.45) is 0 Å². The van der Waals surface area contributed by atoms with Crippen LogP contribution in [0.2, 0.25) is 0 Å². The van der Waals surface area contributed by atoms with Gasteiger partial charge in [-0.05, 0) is 78.3 Å². The maximum atomic E-state index is 4.40. The maximum absolute atomic E-state index is 4.40. The Morgan fingerprint density at radius 1 is 1.03 bits per heavy atom. The molecule has 1 nitrogen and oxygen atoms in total. The van der Waals surface area contributed by atoms with Gasteiger partial charge in [0.15, 0.2) is 0 Å². The maximum Gasteiger partial charge on any atom is 0.0174 e. The molecule has 0 N–H and O–H groups in total. The summed E-state index contributed by atoms with van der Waals surface area (Å²) in [4.78, 5) is 2.51. The van der Waals surface area contributed by atoms with Gasteiger partial charge in [0.25, 0.3) is 0 Å². The third-order valence-corrected chi connectivity index (χ3v) is 7.96. The summed E-state index contributed by atoms with van der Waals surface area (Å²) in [6.07, 6.45) is 8.42. The minimum Gasteiger partial charge on any atom is -0.375 e. The summed E-state index contributed by atoms with van der Waals surface area (Å²) in [6.45, 7) is 16.2. The van der Waals surface area contributed by atoms with Gasteiger partial charge in [-0.1, -0.05) is 82.3 Å². The summed E-state index contributed by atoms with van der Waals surface area (Å²) in [5.74, 6) is 0.974. The smallest absolute Gasteiger partial charge is 0.0174 e. The molecular weight excluding hydrogens is 386 g/mol. The standard InChI is InChI=1S/C31H41N/c1-6-26-21-25(16-15-22(3)32-19-11-8-12-20-32)17-18-28(26)24(5)31-27(7-2)23(4)29-13-9-10-14-30(29)31/h9-10,13-14,17-18,21,23-24H,3,6-8,11-12,15-16,19-20H2,1-2,4-5H3/t23-,24?/m1/s1. The molecule has 1 aliphatic heterocycles. The van der Waals surface area contributed by atoms with E-state index in [1.165, 1.54) is 65.9 Å². The van der Waals surface area contributed by atoms with Crippen LogP contribution in [0, 0.1) is 0 Å². The van der Waals surface area contributed by atoms with E-state index >= 15 is 0 Å². The molecular formula is C31H41N. The highest BCUT2D eigenvalue weighted by atomic mass is 15.1. The second kappa shape index (κ2) is 10.1. The average Bonchev–Trinajstić information content (AvgIpc) is 3.14. The Morgan fingerprint density at radius 2 is 1.78 bits per heavy atom. The molecule has 2 aromatic rings. The second-order valence-corrected chi connectivity index (χ2v) is 9.82. The van der Waals surface area contributed by atoms with Crippen molar-refractivity contribution in [2.75, 3.05) is 13.1 Å². The van der Waals surface area contributed by atoms with Gasteiger partial charge in [0.2, 0.25) is 0 Å². The molecule has 1 aliphatic carbocycles. The first-order valence-corrected chi connectivity index (χ1v) is 12.9. The summed E-state index contributed by atoms with van der Waals surface area (Å²) >= 11 is 0. The molecule has 1 heteroatoms. The lowest BCUT2D eigenvalue weighted by Gasteiger charge is -2.30. The number of allylic oxidation sites excluding steroid dienone is 3. The molecule has 1 saturated heterocycles. The van der Waals surface area contributed by atoms with E-state index in [0.29, 0.717) is 11.8 Å². The third kappa shape index (κ3) is 4.45. The van der Waals surface area contributed by atoms with Gasteiger partial charge in [0, 0.05) is 30.6 Å². The van der Waals surface area contributed by atoms with Gasteiger partial charge in [-0.2, -0.15) is 0 Å². The minimum atomic E-state index is 0.434. The lowest BCUT2D eigenvalue weighted by atomic mass is 9.83. The molecule has 1 heterocycles. The Hall–Kier alpha value is -2.28. The summed E-state index contributed by atoms with van der Waals surface area (Å²) in [5, 5.41) is 0. The van der Waals surface area contributed by atoms with Gasteiger partial charge in [-0.3, -0.25) is 0 Å². The van der Waals surface area contributed by atoms with Crippen LogP contribution in [0.25, 0.3) is 5.57 Å². The zero-order valence-electron chi connectivity index (χ0n) is 20.7. The molecule has 170 valence electrons. The number of hydrogen-bond acceptors (Lipinski definition) is 1. The van der Waals surface area contributed by atoms with Crippen molar-refractivity contribution >= 4 is 5.57 Å². The Kier molecular flexibility index (Phi) is 7.23. The number of nitrogens with zero attached hydrogens (tertiary/aromatic N) is 1. The molecule has 0 bridgehead atoms. The SMILES string of the molecule is C=C(CCc1ccc(C(C)C2=C(CC)[C@@H](C)c3ccccc32)c(CC)c1)N1CCCCC1. The van der Waals surface area contributed by atoms with Gasteiger partial charge in [0.1, 0.15) is 0 Å². The number of fused-ring (bicyclic) bond motifs is 1. The number of rotatable bonds is 8. The van der Waals surface area contributed by atoms with Crippen LogP contribution in [0.5, 0.6) is 0 Å². The fraction of sp³-hybridized carbons (Fsp3) is 0.484. The van der Waals surface area contributed by atoms with Crippen LogP contribution < -0.4 is 0 Å². The van der Waals surface area contributed by atoms with Gasteiger partial charge in [0.05, 0.1) is 0 Å². The zero-order chi connectivity index (χ0) is 22.7. The van der Waals surface area contributed by atoms with E-state index in [1.807, 2.05) is 0 Å². The van der Waals surface area contributed by atoms with Crippen LogP contribution in [0.1, 0.15) is 99.5 Å². The summed E-state index contributed by atoms with van der Waals surface area (Å²) < 4.78 is 0. The van der Waals surface area contributed by atoms with Crippen LogP contribution in [-0.2, 0) is 12.8 Å². The molecule has 1 unspecified atom stereocenters. The summed E-state index contributed by atoms with van der Waals surface area (Å²) in [6, 6.07) is 16.3. The Labute approximate surface area is 196 Å². The van der Waals surface area contributed by atoms with E-state index < -0.39 is 0 Å². The number of piperidine rings is 1. The summed E-state index contributed by atoms with van der Waals surface area (Å²) in [7, 11) is 0. The predicted molar refractivity (Wildman–Crippen MR) is 139 cm³/mol. The Morgan fingerprint density at radius 3 is 2.50 bits per heavy atom. The lowest BCUT2D eigenvalue weighted by molar-refractivity contribution is 0.278. The normalized spacial score (nSPS) is 19.2. The van der Waals surface area contributed by atoms with Gasteiger partial charge >= 0.3 is 0 Å². The van der Waals surface area contributed by atoms with Crippen LogP contribution in [0.3, 0.4) is 0 Å². The highest BCUT2D eigenvalue weighted by Crippen LogP contribution is 2.49. The Bertz CT molecular complexity index is 989. The van der Waals surface area contributed by atoms with Crippen molar-refractivity contribution in [2.45, 2.75) is 84.5 Å². The van der Waals surface area contributed by atoms with Crippen molar-refractivity contribution in [1.82, 2.24) is 4.90 Å². The van der Waals surface area contributed by atoms with Crippen molar-refractivity contribution in [3.8, 4) is 0 Å². The topological polar surface area (TPSA) is 3.24 Å². The van der Waals surface area contributed by atoms with Crippen LogP contribution >= 0.6 is 0 Å². The van der Waals surface area contributed by atoms with Crippen LogP contribution in [0.15, 0.2) is 60.3 Å². The number of hydrogen-bond donors (Lipinski definition) is 0. The monoisotopic (exact) mass is 427 g/mol. The van der Waals surface area contributed by atoms with Crippen LogP contribution in [-0.4, -0.2) is 18.0 Å². The molecule has 0 amide bonds. The molecule has 0 saturated carbocycles. The fourth-order valence-corrected chi connectivity index (χ4v) is 6.08. The van der Waals surface area contributed by atoms with Crippen LogP contribution in [0.4, 0.5) is 0 Å². The quantitative estimate of drug-likeness (QED) is 0.410. The highest BCUT2D eigenvalue weighted by molar-refractivity contribution is 5.82. The minimum absolute atomic E-state index is 0.434. The van der Waals surface area contributed by atoms with E-state index in [9.17, 15) is 0 Å². The van der Waals surface area contributed by atoms with Crippen molar-refractivity contribution in [3.05, 3.63) is 88.1 Å².